The van der Waals surface area contributed by atoms with Crippen LogP contribution in [0.4, 0.5) is 0 Å². The normalized spacial score (nSPS) is 13.0. The largest absolute Gasteiger partial charge is 0.241 e. The van der Waals surface area contributed by atoms with Gasteiger partial charge in [0.2, 0.25) is 0 Å². The summed E-state index contributed by atoms with van der Waals surface area (Å²) in [5.41, 5.74) is 2.03. The predicted molar refractivity (Wildman–Crippen MR) is 55.9 cm³/mol. The average molecular weight is 249 g/mol. The molecule has 0 aliphatic carbocycles. The van der Waals surface area contributed by atoms with E-state index in [1.54, 1.807) is 0 Å². The van der Waals surface area contributed by atoms with Gasteiger partial charge in [0.1, 0.15) is 5.15 Å². The molecule has 0 N–H and O–H groups in total. The van der Waals surface area contributed by atoms with Crippen molar-refractivity contribution in [3.63, 3.8) is 0 Å². The maximum Gasteiger partial charge on any atom is 0.133 e. The van der Waals surface area contributed by atoms with Crippen LogP contribution in [-0.4, -0.2) is 4.98 Å². The van der Waals surface area contributed by atoms with Crippen molar-refractivity contribution in [1.29, 1.82) is 0 Å². The van der Waals surface area contributed by atoms with Crippen LogP contribution < -0.4 is 0 Å². The van der Waals surface area contributed by atoms with Crippen molar-refractivity contribution in [2.24, 2.45) is 0 Å². The molecular weight excluding hydrogens is 237 g/mol. The summed E-state index contributed by atoms with van der Waals surface area (Å²) in [7, 11) is 0. The maximum absolute atomic E-state index is 5.96. The summed E-state index contributed by atoms with van der Waals surface area (Å²) < 4.78 is 0. The molecule has 0 saturated carbocycles. The summed E-state index contributed by atoms with van der Waals surface area (Å²) in [5, 5.41) is 0.610. The molecule has 0 spiro atoms. The van der Waals surface area contributed by atoms with E-state index in [0.717, 1.165) is 17.7 Å². The highest BCUT2D eigenvalue weighted by molar-refractivity contribution is 9.09. The van der Waals surface area contributed by atoms with Gasteiger partial charge in [0.15, 0.2) is 0 Å². The van der Waals surface area contributed by atoms with E-state index < -0.39 is 0 Å². The summed E-state index contributed by atoms with van der Waals surface area (Å²) in [4.78, 5) is 4.50. The van der Waals surface area contributed by atoms with E-state index in [0.29, 0.717) is 9.98 Å². The number of hydrogen-bond donors (Lipinski definition) is 0. The van der Waals surface area contributed by atoms with Gasteiger partial charge in [-0.25, -0.2) is 4.98 Å². The van der Waals surface area contributed by atoms with Gasteiger partial charge in [-0.1, -0.05) is 40.5 Å². The van der Waals surface area contributed by atoms with Crippen molar-refractivity contribution < 1.29 is 0 Å². The van der Waals surface area contributed by atoms with E-state index in [9.17, 15) is 0 Å². The molecule has 1 aromatic heterocycles. The Morgan fingerprint density at radius 3 is 2.75 bits per heavy atom. The number of rotatable bonds is 2. The van der Waals surface area contributed by atoms with E-state index in [1.165, 1.54) is 0 Å². The van der Waals surface area contributed by atoms with Crippen LogP contribution >= 0.6 is 27.5 Å². The zero-order chi connectivity index (χ0) is 9.14. The van der Waals surface area contributed by atoms with E-state index in [4.69, 9.17) is 11.6 Å². The van der Waals surface area contributed by atoms with Crippen molar-refractivity contribution >= 4 is 27.5 Å². The fourth-order valence-corrected chi connectivity index (χ4v) is 1.82. The SMILES string of the molecule is CCC(Br)c1ccc(C)nc1Cl. The highest BCUT2D eigenvalue weighted by atomic mass is 79.9. The Morgan fingerprint density at radius 1 is 1.58 bits per heavy atom. The molecule has 12 heavy (non-hydrogen) atoms. The fraction of sp³-hybridized carbons (Fsp3) is 0.444. The molecule has 0 saturated heterocycles. The third-order valence-electron chi connectivity index (χ3n) is 1.71. The Balaban J connectivity index is 3.01. The van der Waals surface area contributed by atoms with Crippen LogP contribution in [0.1, 0.15) is 29.4 Å². The fourth-order valence-electron chi connectivity index (χ4n) is 0.989. The van der Waals surface area contributed by atoms with E-state index in [1.807, 2.05) is 19.1 Å². The molecule has 1 unspecified atom stereocenters. The number of hydrogen-bond acceptors (Lipinski definition) is 1. The molecule has 0 aliphatic heterocycles. The molecule has 0 bridgehead atoms. The summed E-state index contributed by atoms with van der Waals surface area (Å²) in [6.07, 6.45) is 1.02. The molecule has 0 aliphatic rings. The van der Waals surface area contributed by atoms with Gasteiger partial charge in [-0.15, -0.1) is 0 Å². The third-order valence-corrected chi connectivity index (χ3v) is 3.16. The number of aryl methyl sites for hydroxylation is 1. The smallest absolute Gasteiger partial charge is 0.133 e. The maximum atomic E-state index is 5.96. The minimum absolute atomic E-state index is 0.318. The zero-order valence-corrected chi connectivity index (χ0v) is 9.48. The Bertz CT molecular complexity index is 275. The van der Waals surface area contributed by atoms with Gasteiger partial charge < -0.3 is 0 Å². The van der Waals surface area contributed by atoms with Gasteiger partial charge in [-0.2, -0.15) is 0 Å². The third kappa shape index (κ3) is 2.20. The second-order valence-corrected chi connectivity index (χ2v) is 4.17. The number of nitrogens with zero attached hydrogens (tertiary/aromatic N) is 1. The van der Waals surface area contributed by atoms with E-state index >= 15 is 0 Å². The molecule has 0 aromatic carbocycles. The van der Waals surface area contributed by atoms with Gasteiger partial charge >= 0.3 is 0 Å². The summed E-state index contributed by atoms with van der Waals surface area (Å²) >= 11 is 9.50. The molecule has 0 fully saturated rings. The summed E-state index contributed by atoms with van der Waals surface area (Å²) in [5.74, 6) is 0. The molecule has 3 heteroatoms. The Hall–Kier alpha value is -0.0800. The molecule has 0 radical (unpaired) electrons. The highest BCUT2D eigenvalue weighted by Crippen LogP contribution is 2.30. The quantitative estimate of drug-likeness (QED) is 0.571. The van der Waals surface area contributed by atoms with Crippen LogP contribution in [0.2, 0.25) is 5.15 Å². The molecule has 66 valence electrons. The second kappa shape index (κ2) is 4.24. The standard InChI is InChI=1S/C9H11BrClN/c1-3-8(10)7-5-4-6(2)12-9(7)11/h4-5,8H,3H2,1-2H3. The van der Waals surface area contributed by atoms with Crippen LogP contribution in [0.25, 0.3) is 0 Å². The molecular formula is C9H11BrClN. The first-order valence-corrected chi connectivity index (χ1v) is 5.21. The van der Waals surface area contributed by atoms with Gasteiger partial charge in [-0.3, -0.25) is 0 Å². The molecule has 1 heterocycles. The molecule has 1 aromatic rings. The van der Waals surface area contributed by atoms with Crippen molar-refractivity contribution in [3.05, 3.63) is 28.5 Å². The Kier molecular flexibility index (Phi) is 3.53. The van der Waals surface area contributed by atoms with Crippen molar-refractivity contribution in [2.75, 3.05) is 0 Å². The number of alkyl halides is 1. The lowest BCUT2D eigenvalue weighted by molar-refractivity contribution is 0.901. The van der Waals surface area contributed by atoms with Crippen LogP contribution in [0.3, 0.4) is 0 Å². The van der Waals surface area contributed by atoms with Crippen molar-refractivity contribution in [3.8, 4) is 0 Å². The first-order valence-electron chi connectivity index (χ1n) is 3.92. The van der Waals surface area contributed by atoms with E-state index in [-0.39, 0.29) is 0 Å². The highest BCUT2D eigenvalue weighted by Gasteiger charge is 2.09. The van der Waals surface area contributed by atoms with Crippen LogP contribution in [0.5, 0.6) is 0 Å². The van der Waals surface area contributed by atoms with Crippen LogP contribution in [0.15, 0.2) is 12.1 Å². The number of pyridine rings is 1. The monoisotopic (exact) mass is 247 g/mol. The minimum Gasteiger partial charge on any atom is -0.241 e. The van der Waals surface area contributed by atoms with Gasteiger partial charge in [0.25, 0.3) is 0 Å². The number of halogens is 2. The lowest BCUT2D eigenvalue weighted by Crippen LogP contribution is -1.92. The zero-order valence-electron chi connectivity index (χ0n) is 7.14. The minimum atomic E-state index is 0.318. The first-order chi connectivity index (χ1) is 5.65. The van der Waals surface area contributed by atoms with Crippen molar-refractivity contribution in [2.45, 2.75) is 25.1 Å². The molecule has 1 rings (SSSR count). The predicted octanol–water partition coefficient (Wildman–Crippen LogP) is 3.89. The number of aromatic nitrogens is 1. The topological polar surface area (TPSA) is 12.9 Å². The summed E-state index contributed by atoms with van der Waals surface area (Å²) in [6.45, 7) is 4.04. The van der Waals surface area contributed by atoms with Crippen LogP contribution in [-0.2, 0) is 0 Å². The average Bonchev–Trinajstić information content (AvgIpc) is 2.03. The molecule has 1 nitrogen and oxygen atoms in total. The van der Waals surface area contributed by atoms with Crippen molar-refractivity contribution in [1.82, 2.24) is 4.98 Å². The lowest BCUT2D eigenvalue weighted by atomic mass is 10.1. The Morgan fingerprint density at radius 2 is 2.25 bits per heavy atom. The lowest BCUT2D eigenvalue weighted by Gasteiger charge is -2.08. The van der Waals surface area contributed by atoms with Gasteiger partial charge in [0, 0.05) is 16.1 Å². The van der Waals surface area contributed by atoms with E-state index in [2.05, 4.69) is 27.8 Å². The molecule has 0 amide bonds. The second-order valence-electron chi connectivity index (χ2n) is 2.71. The van der Waals surface area contributed by atoms with Gasteiger partial charge in [0.05, 0.1) is 0 Å². The molecule has 1 atom stereocenters. The first kappa shape index (κ1) is 10.0. The van der Waals surface area contributed by atoms with Crippen LogP contribution in [0, 0.1) is 6.92 Å². The Labute approximate surface area is 86.3 Å². The summed E-state index contributed by atoms with van der Waals surface area (Å²) in [6, 6.07) is 4.00. The van der Waals surface area contributed by atoms with Gasteiger partial charge in [-0.05, 0) is 19.4 Å².